The second-order valence-corrected chi connectivity index (χ2v) is 8.40. The maximum Gasteiger partial charge on any atom is 0.417 e. The van der Waals surface area contributed by atoms with Crippen molar-refractivity contribution >= 4 is 50.0 Å². The van der Waals surface area contributed by atoms with Gasteiger partial charge in [0, 0.05) is 28.8 Å². The molecular weight excluding hydrogens is 408 g/mol. The van der Waals surface area contributed by atoms with E-state index in [0.29, 0.717) is 34.2 Å². The van der Waals surface area contributed by atoms with E-state index in [1.54, 1.807) is 48.7 Å². The Hall–Kier alpha value is -3.86. The van der Waals surface area contributed by atoms with Crippen LogP contribution in [0.15, 0.2) is 57.9 Å². The molecule has 11 heteroatoms. The zero-order chi connectivity index (χ0) is 21.3. The zero-order valence-corrected chi connectivity index (χ0v) is 16.9. The second kappa shape index (κ2) is 7.52. The predicted molar refractivity (Wildman–Crippen MR) is 115 cm³/mol. The molecule has 0 atom stereocenters. The Morgan fingerprint density at radius 1 is 1.00 bits per heavy atom. The molecule has 30 heavy (non-hydrogen) atoms. The fraction of sp³-hybridized carbons (Fsp3) is 0.105. The van der Waals surface area contributed by atoms with Crippen molar-refractivity contribution in [1.82, 2.24) is 15.0 Å². The lowest BCUT2D eigenvalue weighted by Crippen LogP contribution is -2.09. The van der Waals surface area contributed by atoms with Crippen LogP contribution < -0.4 is 21.1 Å². The van der Waals surface area contributed by atoms with Gasteiger partial charge in [-0.25, -0.2) is 18.2 Å². The number of hydrogen-bond acceptors (Lipinski definition) is 8. The van der Waals surface area contributed by atoms with Crippen molar-refractivity contribution in [3.63, 3.8) is 0 Å². The van der Waals surface area contributed by atoms with Crippen molar-refractivity contribution in [3.8, 4) is 0 Å². The highest BCUT2D eigenvalue weighted by Crippen LogP contribution is 2.23. The van der Waals surface area contributed by atoms with E-state index in [0.717, 1.165) is 17.5 Å². The van der Waals surface area contributed by atoms with Crippen molar-refractivity contribution in [3.05, 3.63) is 64.8 Å². The molecule has 0 fully saturated rings. The molecule has 4 N–H and O–H groups in total. The monoisotopic (exact) mass is 426 g/mol. The quantitative estimate of drug-likeness (QED) is 0.368. The number of sulfonamides is 1. The highest BCUT2D eigenvalue weighted by molar-refractivity contribution is 7.92. The maximum absolute atomic E-state index is 11.3. The van der Waals surface area contributed by atoms with Crippen LogP contribution in [0.3, 0.4) is 0 Å². The van der Waals surface area contributed by atoms with Gasteiger partial charge in [0.2, 0.25) is 16.0 Å². The number of fused-ring (bicyclic) bond motifs is 1. The van der Waals surface area contributed by atoms with Crippen LogP contribution in [-0.4, -0.2) is 29.6 Å². The highest BCUT2D eigenvalue weighted by atomic mass is 32.2. The molecule has 0 unspecified atom stereocenters. The van der Waals surface area contributed by atoms with Crippen molar-refractivity contribution in [1.29, 1.82) is 0 Å². The van der Waals surface area contributed by atoms with E-state index in [-0.39, 0.29) is 0 Å². The minimum absolute atomic E-state index is 0.365. The molecule has 10 nitrogen and oxygen atoms in total. The van der Waals surface area contributed by atoms with Gasteiger partial charge in [-0.1, -0.05) is 0 Å². The molecule has 0 amide bonds. The zero-order valence-electron chi connectivity index (χ0n) is 16.1. The Kier molecular flexibility index (Phi) is 4.88. The highest BCUT2D eigenvalue weighted by Gasteiger charge is 2.08. The standard InChI is InChI=1S/C19H18N6O4S/c1-11-10-20-18(22-12-3-5-13(6-4-12)25-30(2,27)28)24-17(11)21-14-7-8-16-15(9-14)23-19(26)29-16/h3-10,25H,1-2H3,(H,23,26)(H2,20,21,22,24). The normalized spacial score (nSPS) is 11.4. The van der Waals surface area contributed by atoms with E-state index < -0.39 is 15.8 Å². The first-order valence-corrected chi connectivity index (χ1v) is 10.7. The van der Waals surface area contributed by atoms with Crippen LogP contribution >= 0.6 is 0 Å². The molecule has 2 heterocycles. The summed E-state index contributed by atoms with van der Waals surface area (Å²) in [6, 6.07) is 11.9. The number of aromatic amines is 1. The van der Waals surface area contributed by atoms with Gasteiger partial charge in [0.25, 0.3) is 0 Å². The van der Waals surface area contributed by atoms with E-state index in [2.05, 4.69) is 30.3 Å². The van der Waals surface area contributed by atoms with Crippen molar-refractivity contribution in [2.45, 2.75) is 6.92 Å². The van der Waals surface area contributed by atoms with Crippen LogP contribution in [0.25, 0.3) is 11.1 Å². The largest absolute Gasteiger partial charge is 0.417 e. The Balaban J connectivity index is 1.53. The number of hydrogen-bond donors (Lipinski definition) is 4. The minimum Gasteiger partial charge on any atom is -0.408 e. The number of nitrogens with zero attached hydrogens (tertiary/aromatic N) is 2. The lowest BCUT2D eigenvalue weighted by molar-refractivity contribution is 0.555. The summed E-state index contributed by atoms with van der Waals surface area (Å²) in [6.45, 7) is 1.87. The van der Waals surface area contributed by atoms with E-state index in [1.165, 1.54) is 0 Å². The summed E-state index contributed by atoms with van der Waals surface area (Å²) in [7, 11) is -3.33. The van der Waals surface area contributed by atoms with E-state index in [4.69, 9.17) is 4.42 Å². The number of H-pyrrole nitrogens is 1. The van der Waals surface area contributed by atoms with E-state index >= 15 is 0 Å². The molecule has 4 aromatic rings. The fourth-order valence-electron chi connectivity index (χ4n) is 2.76. The van der Waals surface area contributed by atoms with Crippen LogP contribution in [0.5, 0.6) is 0 Å². The molecule has 0 spiro atoms. The molecule has 0 saturated heterocycles. The molecule has 0 aliphatic heterocycles. The Bertz CT molecular complexity index is 1380. The third kappa shape index (κ3) is 4.58. The lowest BCUT2D eigenvalue weighted by Gasteiger charge is -2.11. The van der Waals surface area contributed by atoms with E-state index in [9.17, 15) is 13.2 Å². The molecule has 2 aromatic carbocycles. The summed E-state index contributed by atoms with van der Waals surface area (Å²) in [4.78, 5) is 22.7. The summed E-state index contributed by atoms with van der Waals surface area (Å²) in [6.07, 6.45) is 2.77. The molecule has 0 radical (unpaired) electrons. The lowest BCUT2D eigenvalue weighted by atomic mass is 10.2. The van der Waals surface area contributed by atoms with E-state index in [1.807, 2.05) is 6.92 Å². The first-order chi connectivity index (χ1) is 14.2. The third-order valence-electron chi connectivity index (χ3n) is 4.10. The number of anilines is 5. The number of benzene rings is 2. The van der Waals surface area contributed by atoms with Crippen LogP contribution in [0.4, 0.5) is 28.8 Å². The number of oxazole rings is 1. The van der Waals surface area contributed by atoms with Gasteiger partial charge < -0.3 is 15.1 Å². The first kappa shape index (κ1) is 19.5. The van der Waals surface area contributed by atoms with Gasteiger partial charge >= 0.3 is 5.76 Å². The molecule has 2 aromatic heterocycles. The van der Waals surface area contributed by atoms with Gasteiger partial charge in [0.1, 0.15) is 5.82 Å². The molecule has 0 aliphatic rings. The smallest absolute Gasteiger partial charge is 0.408 e. The number of aromatic nitrogens is 3. The van der Waals surface area contributed by atoms with Gasteiger partial charge in [-0.3, -0.25) is 9.71 Å². The van der Waals surface area contributed by atoms with Gasteiger partial charge in [-0.2, -0.15) is 4.98 Å². The molecule has 0 aliphatic carbocycles. The molecule has 0 bridgehead atoms. The minimum atomic E-state index is -3.33. The van der Waals surface area contributed by atoms with Crippen LogP contribution in [-0.2, 0) is 10.0 Å². The van der Waals surface area contributed by atoms with Crippen molar-refractivity contribution in [2.75, 3.05) is 21.6 Å². The predicted octanol–water partition coefficient (Wildman–Crippen LogP) is 3.08. The van der Waals surface area contributed by atoms with Gasteiger partial charge in [0.05, 0.1) is 11.8 Å². The van der Waals surface area contributed by atoms with Crippen LogP contribution in [0.1, 0.15) is 5.56 Å². The summed E-state index contributed by atoms with van der Waals surface area (Å²) in [5.74, 6) is 0.447. The Labute approximate surface area is 171 Å². The molecule has 0 saturated carbocycles. The average Bonchev–Trinajstić information content (AvgIpc) is 3.04. The molecular formula is C19H18N6O4S. The second-order valence-electron chi connectivity index (χ2n) is 6.65. The van der Waals surface area contributed by atoms with Crippen LogP contribution in [0, 0.1) is 6.92 Å². The summed E-state index contributed by atoms with van der Waals surface area (Å²) in [5, 5.41) is 6.28. The van der Waals surface area contributed by atoms with Crippen molar-refractivity contribution < 1.29 is 12.8 Å². The fourth-order valence-corrected chi connectivity index (χ4v) is 3.32. The average molecular weight is 426 g/mol. The Morgan fingerprint density at radius 3 is 2.43 bits per heavy atom. The number of nitrogens with one attached hydrogen (secondary N) is 4. The maximum atomic E-state index is 11.3. The van der Waals surface area contributed by atoms with Gasteiger partial charge in [-0.15, -0.1) is 0 Å². The Morgan fingerprint density at radius 2 is 1.70 bits per heavy atom. The number of rotatable bonds is 6. The van der Waals surface area contributed by atoms with Crippen LogP contribution in [0.2, 0.25) is 0 Å². The summed E-state index contributed by atoms with van der Waals surface area (Å²) >= 11 is 0. The topological polar surface area (TPSA) is 142 Å². The number of aryl methyl sites for hydroxylation is 1. The SMILES string of the molecule is Cc1cnc(Nc2ccc(NS(C)(=O)=O)cc2)nc1Nc1ccc2oc(=O)[nH]c2c1. The molecule has 154 valence electrons. The molecule has 4 rings (SSSR count). The van der Waals surface area contributed by atoms with Gasteiger partial charge in [-0.05, 0) is 49.4 Å². The van der Waals surface area contributed by atoms with Crippen molar-refractivity contribution in [2.24, 2.45) is 0 Å². The van der Waals surface area contributed by atoms with Gasteiger partial charge in [0.15, 0.2) is 5.58 Å². The summed E-state index contributed by atoms with van der Waals surface area (Å²) < 4.78 is 30.0. The third-order valence-corrected chi connectivity index (χ3v) is 4.70. The summed E-state index contributed by atoms with van der Waals surface area (Å²) in [5.41, 5.74) is 3.76. The first-order valence-electron chi connectivity index (χ1n) is 8.84.